The predicted octanol–water partition coefficient (Wildman–Crippen LogP) is 1.51. The predicted molar refractivity (Wildman–Crippen MR) is 80.9 cm³/mol. The van der Waals surface area contributed by atoms with Gasteiger partial charge in [-0.1, -0.05) is 6.92 Å². The Morgan fingerprint density at radius 1 is 1.56 bits per heavy atom. The van der Waals surface area contributed by atoms with Crippen molar-refractivity contribution in [2.24, 2.45) is 5.84 Å². The van der Waals surface area contributed by atoms with Crippen LogP contribution < -0.4 is 11.3 Å². The molecule has 3 unspecified atom stereocenters. The molecule has 102 valence electrons. The molecule has 3 N–H and O–H groups in total. The Morgan fingerprint density at radius 2 is 2.33 bits per heavy atom. The van der Waals surface area contributed by atoms with E-state index in [-0.39, 0.29) is 0 Å². The summed E-state index contributed by atoms with van der Waals surface area (Å²) in [5, 5.41) is 1.21. The zero-order valence-corrected chi connectivity index (χ0v) is 12.6. The number of nitrogens with one attached hydrogen (secondary N) is 1. The Kier molecular flexibility index (Phi) is 5.41. The molecule has 0 bridgehead atoms. The van der Waals surface area contributed by atoms with E-state index >= 15 is 0 Å². The highest BCUT2D eigenvalue weighted by Gasteiger charge is 2.30. The first-order valence-corrected chi connectivity index (χ1v) is 8.55. The topological polar surface area (TPSA) is 55.9 Å². The molecule has 6 heteroatoms. The van der Waals surface area contributed by atoms with Crippen molar-refractivity contribution in [3.05, 3.63) is 18.2 Å². The van der Waals surface area contributed by atoms with Crippen LogP contribution >= 0.6 is 23.5 Å². The van der Waals surface area contributed by atoms with E-state index in [4.69, 9.17) is 5.84 Å². The first-order chi connectivity index (χ1) is 8.76. The Hall–Kier alpha value is -0.170. The van der Waals surface area contributed by atoms with Crippen LogP contribution in [-0.4, -0.2) is 37.6 Å². The number of hydrazine groups is 1. The Morgan fingerprint density at radius 3 is 3.00 bits per heavy atom. The third-order valence-electron chi connectivity index (χ3n) is 3.39. The number of aryl methyl sites for hydroxylation is 1. The third-order valence-corrected chi connectivity index (χ3v) is 6.64. The molecule has 18 heavy (non-hydrogen) atoms. The quantitative estimate of drug-likeness (QED) is 0.635. The van der Waals surface area contributed by atoms with E-state index in [9.17, 15) is 0 Å². The van der Waals surface area contributed by atoms with Gasteiger partial charge in [0, 0.05) is 53.4 Å². The lowest BCUT2D eigenvalue weighted by atomic mass is 10.1. The van der Waals surface area contributed by atoms with Crippen molar-refractivity contribution in [3.8, 4) is 0 Å². The molecule has 4 nitrogen and oxygen atoms in total. The largest absolute Gasteiger partial charge is 0.335 e. The second kappa shape index (κ2) is 6.84. The zero-order valence-electron chi connectivity index (χ0n) is 11.0. The molecule has 2 rings (SSSR count). The van der Waals surface area contributed by atoms with Crippen molar-refractivity contribution < 1.29 is 0 Å². The second-order valence-electron chi connectivity index (χ2n) is 4.52. The smallest absolute Gasteiger partial charge is 0.110 e. The summed E-state index contributed by atoms with van der Waals surface area (Å²) in [6.07, 6.45) is 4.81. The molecule has 1 saturated heterocycles. The van der Waals surface area contributed by atoms with Crippen LogP contribution in [0.5, 0.6) is 0 Å². The van der Waals surface area contributed by atoms with Gasteiger partial charge in [0.25, 0.3) is 0 Å². The molecule has 1 aromatic heterocycles. The lowest BCUT2D eigenvalue weighted by Gasteiger charge is -2.34. The van der Waals surface area contributed by atoms with Crippen molar-refractivity contribution in [1.82, 2.24) is 15.0 Å². The van der Waals surface area contributed by atoms with Crippen LogP contribution in [-0.2, 0) is 13.0 Å². The summed E-state index contributed by atoms with van der Waals surface area (Å²) < 4.78 is 2.19. The minimum absolute atomic E-state index is 0.297. The summed E-state index contributed by atoms with van der Waals surface area (Å²) in [4.78, 5) is 4.45. The molecule has 0 aromatic carbocycles. The normalized spacial score (nSPS) is 26.2. The van der Waals surface area contributed by atoms with E-state index in [0.717, 1.165) is 18.8 Å². The monoisotopic (exact) mass is 286 g/mol. The molecule has 1 aromatic rings. The molecule has 0 saturated carbocycles. The first-order valence-electron chi connectivity index (χ1n) is 6.45. The summed E-state index contributed by atoms with van der Waals surface area (Å²) >= 11 is 4.09. The minimum Gasteiger partial charge on any atom is -0.335 e. The summed E-state index contributed by atoms with van der Waals surface area (Å²) in [7, 11) is 0. The third kappa shape index (κ3) is 3.23. The van der Waals surface area contributed by atoms with Crippen LogP contribution in [0.1, 0.15) is 19.7 Å². The van der Waals surface area contributed by atoms with Crippen LogP contribution in [0.4, 0.5) is 0 Å². The zero-order chi connectivity index (χ0) is 13.0. The molecule has 2 heterocycles. The van der Waals surface area contributed by atoms with E-state index in [2.05, 4.69) is 28.8 Å². The van der Waals surface area contributed by atoms with Crippen LogP contribution in [0.3, 0.4) is 0 Å². The van der Waals surface area contributed by atoms with Crippen LogP contribution in [0.15, 0.2) is 12.4 Å². The molecule has 0 aliphatic carbocycles. The fraction of sp³-hybridized carbons (Fsp3) is 0.750. The fourth-order valence-electron chi connectivity index (χ4n) is 2.38. The second-order valence-corrected chi connectivity index (χ2v) is 7.29. The lowest BCUT2D eigenvalue weighted by molar-refractivity contribution is 0.482. The Balaban J connectivity index is 2.04. The van der Waals surface area contributed by atoms with Gasteiger partial charge in [-0.2, -0.15) is 23.5 Å². The summed E-state index contributed by atoms with van der Waals surface area (Å²) in [6.45, 7) is 5.41. The molecule has 0 amide bonds. The van der Waals surface area contributed by atoms with Gasteiger partial charge in [0.15, 0.2) is 0 Å². The summed E-state index contributed by atoms with van der Waals surface area (Å²) in [5.74, 6) is 9.37. The van der Waals surface area contributed by atoms with Gasteiger partial charge in [-0.25, -0.2) is 4.98 Å². The molecule has 1 fully saturated rings. The van der Waals surface area contributed by atoms with Gasteiger partial charge in [0.1, 0.15) is 5.82 Å². The summed E-state index contributed by atoms with van der Waals surface area (Å²) in [5.41, 5.74) is 3.00. The highest BCUT2D eigenvalue weighted by molar-refractivity contribution is 8.07. The van der Waals surface area contributed by atoms with Crippen LogP contribution in [0.2, 0.25) is 0 Å². The van der Waals surface area contributed by atoms with Crippen molar-refractivity contribution in [2.45, 2.75) is 43.4 Å². The molecule has 0 spiro atoms. The number of rotatable bonds is 5. The van der Waals surface area contributed by atoms with Gasteiger partial charge >= 0.3 is 0 Å². The minimum atomic E-state index is 0.297. The van der Waals surface area contributed by atoms with Crippen molar-refractivity contribution in [1.29, 1.82) is 0 Å². The van der Waals surface area contributed by atoms with Gasteiger partial charge in [0.05, 0.1) is 0 Å². The number of hydrogen-bond acceptors (Lipinski definition) is 5. The first kappa shape index (κ1) is 14.2. The van der Waals surface area contributed by atoms with E-state index in [0.29, 0.717) is 16.5 Å². The van der Waals surface area contributed by atoms with E-state index in [1.165, 1.54) is 11.5 Å². The van der Waals surface area contributed by atoms with Gasteiger partial charge in [-0.05, 0) is 6.92 Å². The molecule has 1 aliphatic heterocycles. The molecular weight excluding hydrogens is 264 g/mol. The number of nitrogens with two attached hydrogens (primary N) is 1. The van der Waals surface area contributed by atoms with Gasteiger partial charge in [0.2, 0.25) is 0 Å². The standard InChI is InChI=1S/C12H22N4S2/c1-3-16-5-4-14-11(16)8-10(15-13)12-9(2)17-6-7-18-12/h4-5,9-10,12,15H,3,6-8,13H2,1-2H3. The SMILES string of the molecule is CCn1ccnc1CC(NN)C1SCCSC1C. The van der Waals surface area contributed by atoms with Gasteiger partial charge in [-0.3, -0.25) is 11.3 Å². The number of thioether (sulfide) groups is 2. The number of aromatic nitrogens is 2. The molecule has 0 radical (unpaired) electrons. The van der Waals surface area contributed by atoms with E-state index in [1.807, 2.05) is 35.9 Å². The average Bonchev–Trinajstić information content (AvgIpc) is 2.84. The van der Waals surface area contributed by atoms with Crippen molar-refractivity contribution >= 4 is 23.5 Å². The highest BCUT2D eigenvalue weighted by atomic mass is 32.2. The molecular formula is C12H22N4S2. The number of hydrogen-bond donors (Lipinski definition) is 2. The Bertz CT molecular complexity index is 369. The maximum atomic E-state index is 5.76. The lowest BCUT2D eigenvalue weighted by Crippen LogP contribution is -2.49. The summed E-state index contributed by atoms with van der Waals surface area (Å²) in [6, 6.07) is 0.297. The highest BCUT2D eigenvalue weighted by Crippen LogP contribution is 2.33. The van der Waals surface area contributed by atoms with Gasteiger partial charge < -0.3 is 4.57 Å². The van der Waals surface area contributed by atoms with Crippen LogP contribution in [0.25, 0.3) is 0 Å². The molecule has 1 aliphatic rings. The Labute approximate surface area is 117 Å². The molecule has 3 atom stereocenters. The number of nitrogens with zero attached hydrogens (tertiary/aromatic N) is 2. The van der Waals surface area contributed by atoms with Gasteiger partial charge in [-0.15, -0.1) is 0 Å². The fourth-order valence-corrected chi connectivity index (χ4v) is 5.32. The maximum Gasteiger partial charge on any atom is 0.110 e. The van der Waals surface area contributed by atoms with E-state index in [1.54, 1.807) is 0 Å². The average molecular weight is 286 g/mol. The van der Waals surface area contributed by atoms with Crippen molar-refractivity contribution in [2.75, 3.05) is 11.5 Å². The maximum absolute atomic E-state index is 5.76. The number of imidazole rings is 1. The van der Waals surface area contributed by atoms with Crippen molar-refractivity contribution in [3.63, 3.8) is 0 Å². The van der Waals surface area contributed by atoms with E-state index < -0.39 is 0 Å². The van der Waals surface area contributed by atoms with Crippen LogP contribution in [0, 0.1) is 0 Å².